The molecule has 4 amide bonds. The molecule has 4 unspecified atom stereocenters. The van der Waals surface area contributed by atoms with Crippen LogP contribution in [0.4, 0.5) is 11.4 Å². The average molecular weight is 619 g/mol. The largest absolute Gasteiger partial charge is 0.296 e. The molecule has 46 heavy (non-hydrogen) atoms. The molecule has 2 aromatic carbocycles. The lowest BCUT2D eigenvalue weighted by Gasteiger charge is -2.44. The minimum Gasteiger partial charge on any atom is -0.283 e. The number of anilines is 2. The summed E-state index contributed by atoms with van der Waals surface area (Å²) in [6.07, 6.45) is 3.52. The van der Waals surface area contributed by atoms with Crippen molar-refractivity contribution in [2.24, 2.45) is 49.6 Å². The molecule has 0 N–H and O–H groups in total. The molecule has 3 fully saturated rings. The Morgan fingerprint density at radius 3 is 1.09 bits per heavy atom. The number of hydrogen-bond acceptors (Lipinski definition) is 6. The highest BCUT2D eigenvalue weighted by molar-refractivity contribution is 6.26. The van der Waals surface area contributed by atoms with Crippen molar-refractivity contribution in [3.63, 3.8) is 0 Å². The Morgan fingerprint density at radius 2 is 0.783 bits per heavy atom. The fourth-order valence-electron chi connectivity index (χ4n) is 8.29. The van der Waals surface area contributed by atoms with Crippen LogP contribution >= 0.6 is 0 Å². The van der Waals surface area contributed by atoms with Gasteiger partial charge in [-0.3, -0.25) is 38.1 Å². The summed E-state index contributed by atoms with van der Waals surface area (Å²) in [5, 5.41) is 0. The lowest BCUT2D eigenvalue weighted by Crippen LogP contribution is -2.50. The number of carbonyl (C=O) groups is 4. The second kappa shape index (κ2) is 9.49. The maximum absolute atomic E-state index is 14.2. The number of carbonyl (C=O) groups excluding carboxylic acids is 4. The zero-order chi connectivity index (χ0) is 32.3. The van der Waals surface area contributed by atoms with Crippen molar-refractivity contribution >= 4 is 35.0 Å². The first kappa shape index (κ1) is 28.0. The Balaban J connectivity index is 1.19. The van der Waals surface area contributed by atoms with Crippen LogP contribution in [0, 0.1) is 49.4 Å². The Kier molecular flexibility index (Phi) is 5.77. The SMILES string of the molecule is Cc1c(N2C(=O)C3C4C=CC(C3C2=O)C2C(=O)N(c3c(C)n(C)n(-c5ccccc5)c3=O)C(=O)C42)c(=O)n(-c2ccccc2)n1C. The summed E-state index contributed by atoms with van der Waals surface area (Å²) in [6, 6.07) is 17.8. The van der Waals surface area contributed by atoms with Gasteiger partial charge in [-0.2, -0.15) is 0 Å². The van der Waals surface area contributed by atoms with Crippen LogP contribution in [0.1, 0.15) is 11.4 Å². The Bertz CT molecular complexity index is 1970. The first-order chi connectivity index (χ1) is 22.1. The molecule has 232 valence electrons. The molecule has 3 aliphatic carbocycles. The van der Waals surface area contributed by atoms with Gasteiger partial charge in [0.1, 0.15) is 11.4 Å². The molecule has 4 aromatic rings. The van der Waals surface area contributed by atoms with E-state index in [0.29, 0.717) is 22.8 Å². The zero-order valence-corrected chi connectivity index (χ0v) is 25.5. The number of nitrogens with zero attached hydrogens (tertiary/aromatic N) is 6. The minimum absolute atomic E-state index is 0.0269. The van der Waals surface area contributed by atoms with Crippen molar-refractivity contribution < 1.29 is 19.2 Å². The highest BCUT2D eigenvalue weighted by atomic mass is 16.2. The molecule has 9 rings (SSSR count). The van der Waals surface area contributed by atoms with Crippen LogP contribution < -0.4 is 20.9 Å². The Hall–Kier alpha value is -5.52. The fraction of sp³-hybridized carbons (Fsp3) is 0.294. The molecule has 2 saturated heterocycles. The van der Waals surface area contributed by atoms with E-state index in [1.807, 2.05) is 12.1 Å². The number of hydrogen-bond donors (Lipinski definition) is 0. The van der Waals surface area contributed by atoms with Gasteiger partial charge >= 0.3 is 0 Å². The monoisotopic (exact) mass is 618 g/mol. The Morgan fingerprint density at radius 1 is 0.478 bits per heavy atom. The Labute approximate surface area is 262 Å². The summed E-state index contributed by atoms with van der Waals surface area (Å²) in [4.78, 5) is 86.3. The van der Waals surface area contributed by atoms with Gasteiger partial charge in [0.2, 0.25) is 23.6 Å². The van der Waals surface area contributed by atoms with Crippen molar-refractivity contribution in [3.8, 4) is 11.4 Å². The summed E-state index contributed by atoms with van der Waals surface area (Å²) in [5.41, 5.74) is 0.942. The van der Waals surface area contributed by atoms with Crippen LogP contribution in [0.25, 0.3) is 11.4 Å². The summed E-state index contributed by atoms with van der Waals surface area (Å²) < 4.78 is 6.02. The van der Waals surface area contributed by atoms with Gasteiger partial charge in [0.15, 0.2) is 0 Å². The third kappa shape index (κ3) is 3.33. The van der Waals surface area contributed by atoms with Gasteiger partial charge in [-0.05, 0) is 38.1 Å². The molecule has 0 radical (unpaired) electrons. The van der Waals surface area contributed by atoms with Crippen LogP contribution in [0.3, 0.4) is 0 Å². The van der Waals surface area contributed by atoms with Crippen LogP contribution in [-0.2, 0) is 33.3 Å². The number of allylic oxidation sites excluding steroid dienone is 2. The van der Waals surface area contributed by atoms with Gasteiger partial charge in [0, 0.05) is 25.9 Å². The van der Waals surface area contributed by atoms with Crippen LogP contribution in [0.2, 0.25) is 0 Å². The molecule has 12 nitrogen and oxygen atoms in total. The van der Waals surface area contributed by atoms with Crippen molar-refractivity contribution in [2.45, 2.75) is 13.8 Å². The number of aromatic nitrogens is 4. The molecule has 2 aromatic heterocycles. The standard InChI is InChI=1S/C34H30N6O6/c1-17-27(33(45)39(35(17)3)19-11-7-5-8-12-19)37-29(41)23-21-15-16-22(24(23)30(37)42)26-25(21)31(43)38(32(26)44)28-18(2)36(4)40(34(28)46)20-13-9-6-10-14-20/h5-16,21-26H,1-4H3. The summed E-state index contributed by atoms with van der Waals surface area (Å²) in [6.45, 7) is 3.35. The molecule has 5 aliphatic rings. The highest BCUT2D eigenvalue weighted by Gasteiger charge is 2.69. The maximum atomic E-state index is 14.2. The summed E-state index contributed by atoms with van der Waals surface area (Å²) in [5.74, 6) is -7.37. The van der Waals surface area contributed by atoms with E-state index in [1.54, 1.807) is 98.0 Å². The molecule has 2 bridgehead atoms. The van der Waals surface area contributed by atoms with Crippen LogP contribution in [0.15, 0.2) is 82.4 Å². The molecular weight excluding hydrogens is 588 g/mol. The predicted molar refractivity (Wildman–Crippen MR) is 167 cm³/mol. The van der Waals surface area contributed by atoms with Gasteiger partial charge in [0.25, 0.3) is 11.1 Å². The number of rotatable bonds is 4. The molecule has 4 atom stereocenters. The highest BCUT2D eigenvalue weighted by Crippen LogP contribution is 2.58. The van der Waals surface area contributed by atoms with Crippen LogP contribution in [-0.4, -0.2) is 42.4 Å². The summed E-state index contributed by atoms with van der Waals surface area (Å²) >= 11 is 0. The van der Waals surface area contributed by atoms with Crippen molar-refractivity contribution in [2.75, 3.05) is 9.80 Å². The third-order valence-electron chi connectivity index (χ3n) is 10.5. The lowest BCUT2D eigenvalue weighted by atomic mass is 9.54. The smallest absolute Gasteiger partial charge is 0.283 e. The van der Waals surface area contributed by atoms with Gasteiger partial charge in [0.05, 0.1) is 46.4 Å². The molecule has 2 aliphatic heterocycles. The van der Waals surface area contributed by atoms with Gasteiger partial charge in [-0.25, -0.2) is 19.2 Å². The second-order valence-corrected chi connectivity index (χ2v) is 12.5. The minimum atomic E-state index is -0.914. The van der Waals surface area contributed by atoms with E-state index in [-0.39, 0.29) is 11.4 Å². The van der Waals surface area contributed by atoms with Crippen molar-refractivity contribution in [3.05, 3.63) is 105 Å². The average Bonchev–Trinajstić information content (AvgIpc) is 3.65. The topological polar surface area (TPSA) is 129 Å². The van der Waals surface area contributed by atoms with E-state index >= 15 is 0 Å². The fourth-order valence-corrected chi connectivity index (χ4v) is 8.29. The van der Waals surface area contributed by atoms with E-state index in [2.05, 4.69) is 0 Å². The first-order valence-electron chi connectivity index (χ1n) is 15.2. The van der Waals surface area contributed by atoms with E-state index in [0.717, 1.165) is 9.80 Å². The first-order valence-corrected chi connectivity index (χ1v) is 15.2. The van der Waals surface area contributed by atoms with Crippen LogP contribution in [0.5, 0.6) is 0 Å². The maximum Gasteiger partial charge on any atom is 0.296 e. The molecular formula is C34H30N6O6. The molecule has 12 heteroatoms. The van der Waals surface area contributed by atoms with Gasteiger partial charge < -0.3 is 0 Å². The zero-order valence-electron chi connectivity index (χ0n) is 25.5. The quantitative estimate of drug-likeness (QED) is 0.254. The van der Waals surface area contributed by atoms with Crippen molar-refractivity contribution in [1.82, 2.24) is 18.7 Å². The van der Waals surface area contributed by atoms with E-state index in [9.17, 15) is 28.8 Å². The predicted octanol–water partition coefficient (Wildman–Crippen LogP) is 2.01. The number of imide groups is 2. The van der Waals surface area contributed by atoms with Gasteiger partial charge in [-0.1, -0.05) is 48.6 Å². The lowest BCUT2D eigenvalue weighted by molar-refractivity contribution is -0.137. The number of para-hydroxylation sites is 2. The second-order valence-electron chi connectivity index (χ2n) is 12.5. The molecule has 4 heterocycles. The molecule has 1 saturated carbocycles. The van der Waals surface area contributed by atoms with Crippen molar-refractivity contribution in [1.29, 1.82) is 0 Å². The number of benzene rings is 2. The summed E-state index contributed by atoms with van der Waals surface area (Å²) in [7, 11) is 3.37. The van der Waals surface area contributed by atoms with E-state index < -0.39 is 70.3 Å². The third-order valence-corrected chi connectivity index (χ3v) is 10.5. The normalized spacial score (nSPS) is 26.4. The van der Waals surface area contributed by atoms with E-state index in [1.165, 1.54) is 9.36 Å². The van der Waals surface area contributed by atoms with E-state index in [4.69, 9.17) is 0 Å². The van der Waals surface area contributed by atoms with Gasteiger partial charge in [-0.15, -0.1) is 0 Å². The molecule has 0 spiro atoms. The number of amides is 4.